The standard InChI is InChI=1S/C35H44N4O2Si/c1-7-10-32-31(23-25-13-15-26(16-14-25)30-12-9-8-11-27(30)24-36)34(40)38(33-21-22-37-39(32)33)28-17-19-29(20-18-28)41-42(5,6)35(2,3)4/h8-9,11-16,21-22,28-29H,7,10,17-20,23H2,1-6H3. The molecule has 2 aromatic heterocycles. The molecule has 0 saturated heterocycles. The molecule has 1 aliphatic rings. The van der Waals surface area contributed by atoms with Crippen LogP contribution in [0.1, 0.15) is 88.2 Å². The van der Waals surface area contributed by atoms with Crippen molar-refractivity contribution in [1.82, 2.24) is 14.2 Å². The number of hydrogen-bond donors (Lipinski definition) is 0. The first kappa shape index (κ1) is 30.0. The van der Waals surface area contributed by atoms with Gasteiger partial charge in [0.1, 0.15) is 5.65 Å². The Kier molecular flexibility index (Phi) is 8.59. The topological polar surface area (TPSA) is 72.3 Å². The number of aryl methyl sites for hydroxylation is 1. The Bertz CT molecular complexity index is 1650. The maximum absolute atomic E-state index is 14.4. The van der Waals surface area contributed by atoms with Crippen LogP contribution in [0.2, 0.25) is 18.1 Å². The minimum atomic E-state index is -1.84. The molecule has 0 radical (unpaired) electrons. The van der Waals surface area contributed by atoms with Crippen LogP contribution < -0.4 is 5.56 Å². The summed E-state index contributed by atoms with van der Waals surface area (Å²) in [6.45, 7) is 13.7. The van der Waals surface area contributed by atoms with Crippen molar-refractivity contribution in [2.45, 2.75) is 103 Å². The van der Waals surface area contributed by atoms with Gasteiger partial charge in [0.25, 0.3) is 5.56 Å². The molecule has 4 aromatic rings. The molecule has 0 unspecified atom stereocenters. The summed E-state index contributed by atoms with van der Waals surface area (Å²) in [5, 5.41) is 14.4. The summed E-state index contributed by atoms with van der Waals surface area (Å²) >= 11 is 0. The molecule has 2 heterocycles. The normalized spacial score (nSPS) is 17.8. The molecule has 1 saturated carbocycles. The Labute approximate surface area is 251 Å². The summed E-state index contributed by atoms with van der Waals surface area (Å²) in [5.74, 6) is 0. The van der Waals surface area contributed by atoms with Gasteiger partial charge >= 0.3 is 0 Å². The van der Waals surface area contributed by atoms with Crippen LogP contribution in [0.25, 0.3) is 16.8 Å². The van der Waals surface area contributed by atoms with E-state index in [-0.39, 0.29) is 22.7 Å². The predicted molar refractivity (Wildman–Crippen MR) is 172 cm³/mol. The van der Waals surface area contributed by atoms with Crippen molar-refractivity contribution in [3.63, 3.8) is 0 Å². The molecule has 6 nitrogen and oxygen atoms in total. The Morgan fingerprint density at radius 2 is 1.71 bits per heavy atom. The van der Waals surface area contributed by atoms with Crippen LogP contribution in [0, 0.1) is 11.3 Å². The minimum Gasteiger partial charge on any atom is -0.414 e. The van der Waals surface area contributed by atoms with Crippen molar-refractivity contribution < 1.29 is 4.43 Å². The number of aromatic nitrogens is 3. The molecular weight excluding hydrogens is 536 g/mol. The summed E-state index contributed by atoms with van der Waals surface area (Å²) in [5.41, 5.74) is 6.50. The summed E-state index contributed by atoms with van der Waals surface area (Å²) in [7, 11) is -1.84. The Balaban J connectivity index is 1.45. The second-order valence-electron chi connectivity index (χ2n) is 13.3. The fraction of sp³-hybridized carbons (Fsp3) is 0.457. The molecule has 2 aromatic carbocycles. The van der Waals surface area contributed by atoms with Crippen molar-refractivity contribution in [2.24, 2.45) is 0 Å². The van der Waals surface area contributed by atoms with Crippen LogP contribution >= 0.6 is 0 Å². The third-order valence-corrected chi connectivity index (χ3v) is 13.9. The Morgan fingerprint density at radius 3 is 2.36 bits per heavy atom. The van der Waals surface area contributed by atoms with E-state index >= 15 is 0 Å². The Morgan fingerprint density at radius 1 is 1.02 bits per heavy atom. The van der Waals surface area contributed by atoms with Gasteiger partial charge in [0, 0.05) is 30.2 Å². The van der Waals surface area contributed by atoms with E-state index in [2.05, 4.69) is 71.1 Å². The molecule has 220 valence electrons. The molecule has 0 aliphatic heterocycles. The highest BCUT2D eigenvalue weighted by Gasteiger charge is 2.40. The number of nitrogens with zero attached hydrogens (tertiary/aromatic N) is 4. The van der Waals surface area contributed by atoms with E-state index in [9.17, 15) is 10.1 Å². The monoisotopic (exact) mass is 580 g/mol. The zero-order valence-corrected chi connectivity index (χ0v) is 27.0. The van der Waals surface area contributed by atoms with Crippen LogP contribution in [0.4, 0.5) is 0 Å². The van der Waals surface area contributed by atoms with Gasteiger partial charge in [-0.3, -0.25) is 9.36 Å². The Hall–Kier alpha value is -3.47. The van der Waals surface area contributed by atoms with E-state index in [1.807, 2.05) is 45.6 Å². The fourth-order valence-electron chi connectivity index (χ4n) is 6.06. The van der Waals surface area contributed by atoms with Crippen LogP contribution in [-0.4, -0.2) is 28.6 Å². The average Bonchev–Trinajstić information content (AvgIpc) is 3.45. The first-order valence-electron chi connectivity index (χ1n) is 15.4. The van der Waals surface area contributed by atoms with E-state index in [0.717, 1.165) is 72.1 Å². The molecule has 1 fully saturated rings. The van der Waals surface area contributed by atoms with Crippen LogP contribution in [0.5, 0.6) is 0 Å². The molecule has 0 N–H and O–H groups in total. The van der Waals surface area contributed by atoms with E-state index in [1.54, 1.807) is 0 Å². The molecule has 42 heavy (non-hydrogen) atoms. The first-order valence-corrected chi connectivity index (χ1v) is 18.3. The zero-order chi connectivity index (χ0) is 30.1. The van der Waals surface area contributed by atoms with Crippen LogP contribution in [0.3, 0.4) is 0 Å². The number of benzene rings is 2. The summed E-state index contributed by atoms with van der Waals surface area (Å²) in [6.07, 6.45) is 8.18. The van der Waals surface area contributed by atoms with Crippen molar-refractivity contribution in [2.75, 3.05) is 0 Å². The predicted octanol–water partition coefficient (Wildman–Crippen LogP) is 8.08. The van der Waals surface area contributed by atoms with Gasteiger partial charge in [-0.2, -0.15) is 10.4 Å². The number of hydrogen-bond acceptors (Lipinski definition) is 4. The molecule has 0 atom stereocenters. The van der Waals surface area contributed by atoms with Crippen molar-refractivity contribution in [1.29, 1.82) is 5.26 Å². The molecule has 1 aliphatic carbocycles. The van der Waals surface area contributed by atoms with Crippen molar-refractivity contribution >= 4 is 14.0 Å². The second kappa shape index (κ2) is 12.0. The van der Waals surface area contributed by atoms with Crippen LogP contribution in [0.15, 0.2) is 65.6 Å². The quantitative estimate of drug-likeness (QED) is 0.198. The average molecular weight is 581 g/mol. The third-order valence-electron chi connectivity index (χ3n) is 9.41. The molecule has 0 spiro atoms. The third kappa shape index (κ3) is 5.88. The van der Waals surface area contributed by atoms with E-state index in [4.69, 9.17) is 9.52 Å². The van der Waals surface area contributed by atoms with Gasteiger partial charge in [0.15, 0.2) is 8.32 Å². The lowest BCUT2D eigenvalue weighted by Gasteiger charge is -2.41. The molecule has 0 bridgehead atoms. The van der Waals surface area contributed by atoms with Crippen LogP contribution in [-0.2, 0) is 17.3 Å². The number of fused-ring (bicyclic) bond motifs is 1. The maximum atomic E-state index is 14.4. The summed E-state index contributed by atoms with van der Waals surface area (Å²) in [4.78, 5) is 14.4. The summed E-state index contributed by atoms with van der Waals surface area (Å²) < 4.78 is 10.8. The highest BCUT2D eigenvalue weighted by molar-refractivity contribution is 6.74. The number of nitriles is 1. The SMILES string of the molecule is CCCc1c(Cc2ccc(-c3ccccc3C#N)cc2)c(=O)n(C2CCC(O[Si](C)(C)C(C)(C)C)CC2)c2ccnn12. The molecule has 7 heteroatoms. The van der Waals surface area contributed by atoms with E-state index < -0.39 is 8.32 Å². The smallest absolute Gasteiger partial charge is 0.257 e. The largest absolute Gasteiger partial charge is 0.414 e. The summed E-state index contributed by atoms with van der Waals surface area (Å²) in [6, 6.07) is 20.3. The second-order valence-corrected chi connectivity index (χ2v) is 18.0. The van der Waals surface area contributed by atoms with Gasteiger partial charge in [-0.1, -0.05) is 76.6 Å². The molecular formula is C35H44N4O2Si. The van der Waals surface area contributed by atoms with Gasteiger partial charge < -0.3 is 4.43 Å². The van der Waals surface area contributed by atoms with E-state index in [0.29, 0.717) is 12.0 Å². The first-order chi connectivity index (χ1) is 20.0. The number of rotatable bonds is 8. The highest BCUT2D eigenvalue weighted by Crippen LogP contribution is 2.40. The molecule has 5 rings (SSSR count). The minimum absolute atomic E-state index is 0.110. The van der Waals surface area contributed by atoms with Crippen molar-refractivity contribution in [3.05, 3.63) is 93.5 Å². The van der Waals surface area contributed by atoms with E-state index in [1.165, 1.54) is 0 Å². The zero-order valence-electron chi connectivity index (χ0n) is 26.0. The van der Waals surface area contributed by atoms with Crippen molar-refractivity contribution in [3.8, 4) is 17.2 Å². The molecule has 0 amide bonds. The lowest BCUT2D eigenvalue weighted by atomic mass is 9.92. The van der Waals surface area contributed by atoms with Gasteiger partial charge in [-0.15, -0.1) is 0 Å². The van der Waals surface area contributed by atoms with Gasteiger partial charge in [-0.05, 0) is 73.0 Å². The lowest BCUT2D eigenvalue weighted by Crippen LogP contribution is -2.45. The van der Waals surface area contributed by atoms with Gasteiger partial charge in [0.05, 0.1) is 23.5 Å². The highest BCUT2D eigenvalue weighted by atomic mass is 28.4. The maximum Gasteiger partial charge on any atom is 0.257 e. The fourth-order valence-corrected chi connectivity index (χ4v) is 7.49. The van der Waals surface area contributed by atoms with Gasteiger partial charge in [0.2, 0.25) is 0 Å². The lowest BCUT2D eigenvalue weighted by molar-refractivity contribution is 0.118. The van der Waals surface area contributed by atoms with Gasteiger partial charge in [-0.25, -0.2) is 4.52 Å².